The Balaban J connectivity index is 4.66. The van der Waals surface area contributed by atoms with Crippen LogP contribution in [0.3, 0.4) is 0 Å². The molecule has 0 saturated carbocycles. The highest BCUT2D eigenvalue weighted by molar-refractivity contribution is 6.27. The van der Waals surface area contributed by atoms with Crippen molar-refractivity contribution in [1.82, 2.24) is 9.98 Å². The van der Waals surface area contributed by atoms with Gasteiger partial charge in [0, 0.05) is 6.42 Å². The van der Waals surface area contributed by atoms with E-state index in [1.54, 1.807) is 34.6 Å². The Bertz CT molecular complexity index is 572. The van der Waals surface area contributed by atoms with Crippen LogP contribution in [-0.4, -0.2) is 55.7 Å². The molecule has 0 aliphatic carbocycles. The van der Waals surface area contributed by atoms with Crippen molar-refractivity contribution in [3.05, 3.63) is 0 Å². The summed E-state index contributed by atoms with van der Waals surface area (Å²) in [5, 5.41) is 2.29. The van der Waals surface area contributed by atoms with E-state index in [9.17, 15) is 19.2 Å². The third-order valence-corrected chi connectivity index (χ3v) is 2.84. The Kier molecular flexibility index (Phi) is 9.91. The largest absolute Gasteiger partial charge is 0.461 e. The van der Waals surface area contributed by atoms with E-state index in [1.807, 2.05) is 0 Å². The Hall–Kier alpha value is -2.67. The van der Waals surface area contributed by atoms with Gasteiger partial charge in [-0.05, 0) is 41.0 Å². The van der Waals surface area contributed by atoms with Crippen LogP contribution in [0.1, 0.15) is 47.5 Å². The van der Waals surface area contributed by atoms with E-state index in [0.29, 0.717) is 0 Å². The molecule has 0 radical (unpaired) electrons. The van der Waals surface area contributed by atoms with Gasteiger partial charge < -0.3 is 19.5 Å². The molecule has 0 heterocycles. The van der Waals surface area contributed by atoms with Crippen LogP contribution in [0.4, 0.5) is 4.79 Å². The van der Waals surface area contributed by atoms with E-state index >= 15 is 0 Å². The highest BCUT2D eigenvalue weighted by atomic mass is 16.7. The zero-order valence-corrected chi connectivity index (χ0v) is 15.9. The molecule has 0 unspecified atom stereocenters. The number of esters is 2. The molecule has 0 aromatic rings. The summed E-state index contributed by atoms with van der Waals surface area (Å²) in [6.07, 6.45) is -0.401. The zero-order chi connectivity index (χ0) is 20.3. The molecule has 0 rings (SSSR count). The van der Waals surface area contributed by atoms with E-state index < -0.39 is 42.4 Å². The van der Waals surface area contributed by atoms with Gasteiger partial charge in [-0.3, -0.25) is 9.59 Å². The van der Waals surface area contributed by atoms with Crippen molar-refractivity contribution in [2.75, 3.05) is 6.79 Å². The fraction of sp³-hybridized carbons (Fsp3) is 0.647. The van der Waals surface area contributed by atoms with Gasteiger partial charge in [-0.15, -0.1) is 4.67 Å². The Morgan fingerprint density at radius 1 is 1.15 bits per heavy atom. The second kappa shape index (κ2) is 11.0. The van der Waals surface area contributed by atoms with Gasteiger partial charge in [-0.2, -0.15) is 0 Å². The van der Waals surface area contributed by atoms with Crippen LogP contribution in [0.5, 0.6) is 0 Å². The maximum atomic E-state index is 12.0. The number of ketones is 1. The summed E-state index contributed by atoms with van der Waals surface area (Å²) < 4.78 is 17.9. The van der Waals surface area contributed by atoms with Gasteiger partial charge in [0.2, 0.25) is 12.6 Å². The lowest BCUT2D eigenvalue weighted by Crippen LogP contribution is -2.43. The molecule has 146 valence electrons. The van der Waals surface area contributed by atoms with Crippen molar-refractivity contribution in [2.24, 2.45) is 5.41 Å². The molecule has 0 saturated heterocycles. The van der Waals surface area contributed by atoms with Crippen molar-refractivity contribution >= 4 is 36.7 Å². The van der Waals surface area contributed by atoms with Crippen molar-refractivity contribution in [1.29, 1.82) is 0 Å². The number of carbonyl (C=O) groups excluding carboxylic acids is 4. The summed E-state index contributed by atoms with van der Waals surface area (Å²) in [4.78, 5) is 46.9. The Morgan fingerprint density at radius 3 is 2.27 bits per heavy atom. The molecule has 1 atom stereocenters. The van der Waals surface area contributed by atoms with Crippen molar-refractivity contribution in [3.63, 3.8) is 0 Å². The summed E-state index contributed by atoms with van der Waals surface area (Å²) in [5.41, 5.74) is -0.737. The summed E-state index contributed by atoms with van der Waals surface area (Å²) in [7, 11) is 0. The Morgan fingerprint density at radius 2 is 1.77 bits per heavy atom. The average Bonchev–Trinajstić information content (AvgIpc) is 2.49. The molecular formula is C17H27N2O7+. The number of carbonyl (C=O) groups is 4. The lowest BCUT2D eigenvalue weighted by Gasteiger charge is -2.19. The van der Waals surface area contributed by atoms with E-state index in [0.717, 1.165) is 6.21 Å². The van der Waals surface area contributed by atoms with Crippen LogP contribution in [0, 0.1) is 5.41 Å². The summed E-state index contributed by atoms with van der Waals surface area (Å²) >= 11 is 0. The smallest absolute Gasteiger partial charge is 0.410 e. The first kappa shape index (κ1) is 23.3. The standard InChI is InChI=1S/C17H26N2O7/c1-11(2)26-14(21)13(8-7-12(20)9-18-6)19-16(23)25-10-24-15(22)17(3,4)5/h9,11,13H,6-8,10H2,1-5H3/p+1/t13-/m0/s1. The topological polar surface area (TPSA) is 122 Å². The third-order valence-electron chi connectivity index (χ3n) is 2.84. The van der Waals surface area contributed by atoms with E-state index in [1.165, 1.54) is 0 Å². The number of alkyl carbamates (subject to hydrolysis) is 1. The van der Waals surface area contributed by atoms with Crippen molar-refractivity contribution in [3.8, 4) is 0 Å². The first-order valence-corrected chi connectivity index (χ1v) is 8.10. The van der Waals surface area contributed by atoms with Gasteiger partial charge in [0.1, 0.15) is 6.04 Å². The van der Waals surface area contributed by atoms with Crippen LogP contribution in [0.15, 0.2) is 0 Å². The minimum absolute atomic E-state index is 0.00666. The quantitative estimate of drug-likeness (QED) is 0.275. The van der Waals surface area contributed by atoms with E-state index in [2.05, 4.69) is 16.7 Å². The van der Waals surface area contributed by atoms with Gasteiger partial charge >= 0.3 is 24.2 Å². The lowest BCUT2D eigenvalue weighted by molar-refractivity contribution is -0.161. The van der Waals surface area contributed by atoms with Crippen LogP contribution in [0.2, 0.25) is 0 Å². The zero-order valence-electron chi connectivity index (χ0n) is 15.9. The maximum Gasteiger partial charge on any atom is 0.410 e. The highest BCUT2D eigenvalue weighted by Gasteiger charge is 2.26. The van der Waals surface area contributed by atoms with E-state index in [4.69, 9.17) is 14.2 Å². The fourth-order valence-corrected chi connectivity index (χ4v) is 1.55. The van der Waals surface area contributed by atoms with Crippen LogP contribution in [0.25, 0.3) is 0 Å². The summed E-state index contributed by atoms with van der Waals surface area (Å²) in [6, 6.07) is -1.09. The summed E-state index contributed by atoms with van der Waals surface area (Å²) in [5.74, 6) is -1.60. The van der Waals surface area contributed by atoms with Gasteiger partial charge in [-0.1, -0.05) is 0 Å². The third kappa shape index (κ3) is 10.2. The van der Waals surface area contributed by atoms with E-state index in [-0.39, 0.29) is 18.6 Å². The minimum Gasteiger partial charge on any atom is -0.461 e. The number of Topliss-reactive ketones (excluding diaryl/α,β-unsaturated/α-hetero) is 1. The predicted molar refractivity (Wildman–Crippen MR) is 94.6 cm³/mol. The molecule has 1 amide bonds. The number of hydrogen-bond acceptors (Lipinski definition) is 7. The number of hydrogen-bond donors (Lipinski definition) is 1. The van der Waals surface area contributed by atoms with Crippen LogP contribution < -0.4 is 9.98 Å². The molecule has 0 aliphatic rings. The normalized spacial score (nSPS) is 11.8. The second-order valence-corrected chi connectivity index (χ2v) is 6.73. The molecule has 9 heteroatoms. The maximum absolute atomic E-state index is 12.0. The predicted octanol–water partition coefficient (Wildman–Crippen LogP) is 0.768. The van der Waals surface area contributed by atoms with Gasteiger partial charge in [0.15, 0.2) is 0 Å². The number of amides is 1. The molecule has 0 aliphatic heterocycles. The lowest BCUT2D eigenvalue weighted by atomic mass is 9.98. The van der Waals surface area contributed by atoms with Crippen molar-refractivity contribution in [2.45, 2.75) is 59.6 Å². The number of ether oxygens (including phenoxy) is 3. The molecule has 0 bridgehead atoms. The molecule has 0 fully saturated rings. The summed E-state index contributed by atoms with van der Waals surface area (Å²) in [6.45, 7) is 10.8. The molecular weight excluding hydrogens is 344 g/mol. The number of rotatable bonds is 9. The second-order valence-electron chi connectivity index (χ2n) is 6.73. The molecule has 1 N–H and O–H groups in total. The van der Waals surface area contributed by atoms with Crippen molar-refractivity contribution < 1.29 is 33.4 Å². The van der Waals surface area contributed by atoms with Gasteiger partial charge in [0.05, 0.1) is 11.5 Å². The molecule has 9 nitrogen and oxygen atoms in total. The first-order chi connectivity index (χ1) is 12.0. The molecule has 0 aromatic carbocycles. The first-order valence-electron chi connectivity index (χ1n) is 8.10. The highest BCUT2D eigenvalue weighted by Crippen LogP contribution is 2.14. The number of nitrogens with zero attached hydrogens (tertiary/aromatic N) is 1. The van der Waals surface area contributed by atoms with Crippen LogP contribution >= 0.6 is 0 Å². The number of nitrogens with one attached hydrogen (secondary N) is 1. The molecule has 0 spiro atoms. The monoisotopic (exact) mass is 371 g/mol. The molecule has 0 aromatic heterocycles. The van der Waals surface area contributed by atoms with Gasteiger partial charge in [-0.25, -0.2) is 9.59 Å². The fourth-order valence-electron chi connectivity index (χ4n) is 1.55. The average molecular weight is 371 g/mol. The SMILES string of the molecule is C=[N+]=CC(=O)CC[C@H](NC(=O)OCOC(=O)C(C)(C)C)C(=O)OC(C)C. The molecule has 26 heavy (non-hydrogen) atoms. The Labute approximate surface area is 152 Å². The van der Waals surface area contributed by atoms with Gasteiger partial charge in [0.25, 0.3) is 6.72 Å². The van der Waals surface area contributed by atoms with Crippen LogP contribution in [-0.2, 0) is 28.6 Å². The minimum atomic E-state index is -1.09.